The van der Waals surface area contributed by atoms with Crippen molar-refractivity contribution in [2.75, 3.05) is 13.7 Å². The van der Waals surface area contributed by atoms with E-state index >= 15 is 0 Å². The molecule has 0 spiro atoms. The third kappa shape index (κ3) is 1.49. The number of nitrogens with one attached hydrogen (secondary N) is 2. The molecular formula is C10H13N3O. The molecule has 0 saturated heterocycles. The largest absolute Gasteiger partial charge is 0.394 e. The fourth-order valence-corrected chi connectivity index (χ4v) is 1.51. The number of fused-ring (bicyclic) bond motifs is 1. The van der Waals surface area contributed by atoms with E-state index in [0.29, 0.717) is 0 Å². The second-order valence-corrected chi connectivity index (χ2v) is 3.21. The molecule has 3 N–H and O–H groups in total. The van der Waals surface area contributed by atoms with E-state index in [9.17, 15) is 0 Å². The first-order valence-electron chi connectivity index (χ1n) is 4.56. The summed E-state index contributed by atoms with van der Waals surface area (Å²) >= 11 is 0. The van der Waals surface area contributed by atoms with Crippen molar-refractivity contribution in [3.05, 3.63) is 30.1 Å². The molecule has 1 atom stereocenters. The quantitative estimate of drug-likeness (QED) is 0.673. The number of rotatable bonds is 3. The van der Waals surface area contributed by atoms with Crippen LogP contribution in [0.1, 0.15) is 11.6 Å². The molecule has 2 aromatic rings. The van der Waals surface area contributed by atoms with Crippen molar-refractivity contribution in [2.24, 2.45) is 0 Å². The van der Waals surface area contributed by atoms with Crippen molar-refractivity contribution in [1.29, 1.82) is 0 Å². The summed E-state index contributed by atoms with van der Waals surface area (Å²) in [5.74, 6) is 0. The van der Waals surface area contributed by atoms with Crippen LogP contribution in [0.25, 0.3) is 11.0 Å². The average Bonchev–Trinajstić information content (AvgIpc) is 2.66. The van der Waals surface area contributed by atoms with E-state index in [1.807, 2.05) is 25.4 Å². The molecule has 2 rings (SSSR count). The zero-order chi connectivity index (χ0) is 9.97. The Labute approximate surface area is 82.0 Å². The standard InChI is InChI=1S/C10H13N3O/c1-11-9(6-14)8-4-7-2-3-12-10(7)13-5-8/h2-5,9,11,14H,6H2,1H3,(H,12,13). The Hall–Kier alpha value is -1.39. The fraction of sp³-hybridized carbons (Fsp3) is 0.300. The van der Waals surface area contributed by atoms with Crippen molar-refractivity contribution in [3.8, 4) is 0 Å². The Kier molecular flexibility index (Phi) is 2.47. The van der Waals surface area contributed by atoms with Crippen LogP contribution >= 0.6 is 0 Å². The van der Waals surface area contributed by atoms with Crippen molar-refractivity contribution in [1.82, 2.24) is 15.3 Å². The second kappa shape index (κ2) is 3.77. The van der Waals surface area contributed by atoms with Gasteiger partial charge in [-0.25, -0.2) is 4.98 Å². The Balaban J connectivity index is 2.42. The van der Waals surface area contributed by atoms with Crippen LogP contribution in [0.4, 0.5) is 0 Å². The number of hydrogen-bond donors (Lipinski definition) is 3. The van der Waals surface area contributed by atoms with Crippen LogP contribution in [0.2, 0.25) is 0 Å². The number of likely N-dealkylation sites (N-methyl/N-ethyl adjacent to an activating group) is 1. The zero-order valence-corrected chi connectivity index (χ0v) is 7.99. The van der Waals surface area contributed by atoms with Gasteiger partial charge in [0, 0.05) is 17.8 Å². The van der Waals surface area contributed by atoms with Crippen LogP contribution in [0, 0.1) is 0 Å². The van der Waals surface area contributed by atoms with Gasteiger partial charge in [0.1, 0.15) is 5.65 Å². The Morgan fingerprint density at radius 2 is 2.50 bits per heavy atom. The van der Waals surface area contributed by atoms with E-state index in [0.717, 1.165) is 16.6 Å². The minimum Gasteiger partial charge on any atom is -0.394 e. The lowest BCUT2D eigenvalue weighted by molar-refractivity contribution is 0.251. The van der Waals surface area contributed by atoms with Crippen LogP contribution in [-0.4, -0.2) is 28.7 Å². The maximum absolute atomic E-state index is 9.10. The molecule has 0 amide bonds. The minimum atomic E-state index is -0.0400. The lowest BCUT2D eigenvalue weighted by atomic mass is 10.1. The van der Waals surface area contributed by atoms with E-state index < -0.39 is 0 Å². The minimum absolute atomic E-state index is 0.0400. The number of pyridine rings is 1. The second-order valence-electron chi connectivity index (χ2n) is 3.21. The van der Waals surface area contributed by atoms with Gasteiger partial charge in [0.15, 0.2) is 0 Å². The van der Waals surface area contributed by atoms with Crippen LogP contribution in [-0.2, 0) is 0 Å². The Bertz CT molecular complexity index is 420. The van der Waals surface area contributed by atoms with Gasteiger partial charge in [0.25, 0.3) is 0 Å². The Morgan fingerprint density at radius 3 is 3.21 bits per heavy atom. The molecule has 0 aliphatic rings. The number of aromatic nitrogens is 2. The van der Waals surface area contributed by atoms with Gasteiger partial charge in [0.2, 0.25) is 0 Å². The molecule has 0 saturated carbocycles. The predicted molar refractivity (Wildman–Crippen MR) is 55.0 cm³/mol. The highest BCUT2D eigenvalue weighted by molar-refractivity contribution is 5.75. The molecule has 2 aromatic heterocycles. The van der Waals surface area contributed by atoms with Gasteiger partial charge in [0.05, 0.1) is 12.6 Å². The van der Waals surface area contributed by atoms with E-state index in [1.54, 1.807) is 6.20 Å². The SMILES string of the molecule is CNC(CO)c1cnc2[nH]ccc2c1. The van der Waals surface area contributed by atoms with Gasteiger partial charge in [-0.05, 0) is 24.7 Å². The van der Waals surface area contributed by atoms with Gasteiger partial charge >= 0.3 is 0 Å². The average molecular weight is 191 g/mol. The molecule has 0 aliphatic carbocycles. The summed E-state index contributed by atoms with van der Waals surface area (Å²) in [6.07, 6.45) is 3.63. The fourth-order valence-electron chi connectivity index (χ4n) is 1.51. The Morgan fingerprint density at radius 1 is 1.64 bits per heavy atom. The molecule has 1 unspecified atom stereocenters. The summed E-state index contributed by atoms with van der Waals surface area (Å²) < 4.78 is 0. The third-order valence-electron chi connectivity index (χ3n) is 2.35. The summed E-state index contributed by atoms with van der Waals surface area (Å²) in [6, 6.07) is 3.95. The normalized spacial score (nSPS) is 13.3. The first-order valence-corrected chi connectivity index (χ1v) is 4.56. The van der Waals surface area contributed by atoms with Gasteiger partial charge in [-0.3, -0.25) is 0 Å². The highest BCUT2D eigenvalue weighted by Gasteiger charge is 2.08. The van der Waals surface area contributed by atoms with E-state index in [1.165, 1.54) is 0 Å². The summed E-state index contributed by atoms with van der Waals surface area (Å²) in [5, 5.41) is 13.2. The number of aliphatic hydroxyl groups is 1. The smallest absolute Gasteiger partial charge is 0.137 e. The summed E-state index contributed by atoms with van der Waals surface area (Å²) in [4.78, 5) is 7.28. The lowest BCUT2D eigenvalue weighted by Crippen LogP contribution is -2.19. The van der Waals surface area contributed by atoms with Gasteiger partial charge in [-0.15, -0.1) is 0 Å². The summed E-state index contributed by atoms with van der Waals surface area (Å²) in [6.45, 7) is 0.0775. The van der Waals surface area contributed by atoms with Gasteiger partial charge < -0.3 is 15.4 Å². The van der Waals surface area contributed by atoms with E-state index in [2.05, 4.69) is 15.3 Å². The maximum Gasteiger partial charge on any atom is 0.137 e. The van der Waals surface area contributed by atoms with Crippen molar-refractivity contribution >= 4 is 11.0 Å². The molecule has 4 heteroatoms. The zero-order valence-electron chi connectivity index (χ0n) is 7.99. The van der Waals surface area contributed by atoms with E-state index in [-0.39, 0.29) is 12.6 Å². The molecule has 0 aliphatic heterocycles. The highest BCUT2D eigenvalue weighted by Crippen LogP contribution is 2.16. The van der Waals surface area contributed by atoms with Crippen LogP contribution in [0.15, 0.2) is 24.5 Å². The number of aliphatic hydroxyl groups excluding tert-OH is 1. The van der Waals surface area contributed by atoms with Crippen LogP contribution in [0.5, 0.6) is 0 Å². The topological polar surface area (TPSA) is 60.9 Å². The van der Waals surface area contributed by atoms with Crippen molar-refractivity contribution in [3.63, 3.8) is 0 Å². The van der Waals surface area contributed by atoms with Crippen LogP contribution in [0.3, 0.4) is 0 Å². The van der Waals surface area contributed by atoms with Crippen molar-refractivity contribution < 1.29 is 5.11 Å². The molecule has 4 nitrogen and oxygen atoms in total. The molecular weight excluding hydrogens is 178 g/mol. The van der Waals surface area contributed by atoms with Crippen LogP contribution < -0.4 is 5.32 Å². The molecule has 0 aromatic carbocycles. The molecule has 0 bridgehead atoms. The molecule has 0 fully saturated rings. The molecule has 2 heterocycles. The third-order valence-corrected chi connectivity index (χ3v) is 2.35. The monoisotopic (exact) mass is 191 g/mol. The van der Waals surface area contributed by atoms with Crippen molar-refractivity contribution in [2.45, 2.75) is 6.04 Å². The number of H-pyrrole nitrogens is 1. The summed E-state index contributed by atoms with van der Waals surface area (Å²) in [7, 11) is 1.82. The number of hydrogen-bond acceptors (Lipinski definition) is 3. The highest BCUT2D eigenvalue weighted by atomic mass is 16.3. The summed E-state index contributed by atoms with van der Waals surface area (Å²) in [5.41, 5.74) is 1.88. The first-order chi connectivity index (χ1) is 6.85. The molecule has 74 valence electrons. The molecule has 14 heavy (non-hydrogen) atoms. The number of nitrogens with zero attached hydrogens (tertiary/aromatic N) is 1. The molecule has 0 radical (unpaired) electrons. The van der Waals surface area contributed by atoms with Gasteiger partial charge in [-0.1, -0.05) is 0 Å². The maximum atomic E-state index is 9.10. The van der Waals surface area contributed by atoms with Gasteiger partial charge in [-0.2, -0.15) is 0 Å². The lowest BCUT2D eigenvalue weighted by Gasteiger charge is -2.12. The predicted octanol–water partition coefficient (Wildman–Crippen LogP) is 0.816. The first kappa shape index (κ1) is 9.18. The van der Waals surface area contributed by atoms with E-state index in [4.69, 9.17) is 5.11 Å². The number of aromatic amines is 1.